The van der Waals surface area contributed by atoms with Crippen LogP contribution in [0.5, 0.6) is 0 Å². The molecule has 4 nitrogen and oxygen atoms in total. The second-order valence-corrected chi connectivity index (χ2v) is 4.34. The molecule has 1 aliphatic carbocycles. The summed E-state index contributed by atoms with van der Waals surface area (Å²) in [5.41, 5.74) is 0. The van der Waals surface area contributed by atoms with Crippen LogP contribution in [0.2, 0.25) is 0 Å². The zero-order chi connectivity index (χ0) is 11.1. The molecule has 0 spiro atoms. The normalized spacial score (nSPS) is 18.7. The number of aliphatic imine (C=N–C) groups is 1. The van der Waals surface area contributed by atoms with Crippen molar-refractivity contribution in [2.75, 3.05) is 13.4 Å². The molecule has 0 aromatic carbocycles. The Morgan fingerprint density at radius 2 is 2.07 bits per heavy atom. The van der Waals surface area contributed by atoms with Crippen LogP contribution >= 0.6 is 11.8 Å². The molecule has 1 amide bonds. The molecule has 0 radical (unpaired) electrons. The molecule has 0 bridgehead atoms. The number of hydrogen-bond acceptors (Lipinski definition) is 4. The largest absolute Gasteiger partial charge is 0.453 e. The lowest BCUT2D eigenvalue weighted by atomic mass is 9.96. The molecular weight excluding hydrogens is 212 g/mol. The molecule has 0 aromatic rings. The fourth-order valence-electron chi connectivity index (χ4n) is 1.65. The zero-order valence-corrected chi connectivity index (χ0v) is 10.1. The summed E-state index contributed by atoms with van der Waals surface area (Å²) in [7, 11) is 1.36. The summed E-state index contributed by atoms with van der Waals surface area (Å²) < 4.78 is 4.53. The summed E-state index contributed by atoms with van der Waals surface area (Å²) in [6.45, 7) is 0. The van der Waals surface area contributed by atoms with E-state index in [0.717, 1.165) is 12.8 Å². The number of alkyl carbamates (subject to hydrolysis) is 1. The van der Waals surface area contributed by atoms with Crippen LogP contribution in [-0.4, -0.2) is 30.7 Å². The molecule has 0 heterocycles. The molecule has 1 aliphatic rings. The van der Waals surface area contributed by atoms with Gasteiger partial charge in [-0.05, 0) is 19.1 Å². The summed E-state index contributed by atoms with van der Waals surface area (Å²) in [6, 6.07) is 0.373. The number of carbonyl (C=O) groups excluding carboxylic acids is 1. The summed E-state index contributed by atoms with van der Waals surface area (Å²) in [4.78, 5) is 15.5. The first kappa shape index (κ1) is 12.4. The average molecular weight is 230 g/mol. The average Bonchev–Trinajstić information content (AvgIpc) is 2.29. The number of nitrogens with one attached hydrogen (secondary N) is 1. The number of carbonyl (C=O) groups is 1. The van der Waals surface area contributed by atoms with E-state index in [2.05, 4.69) is 15.0 Å². The molecule has 0 aliphatic heterocycles. The van der Waals surface area contributed by atoms with Crippen molar-refractivity contribution < 1.29 is 9.53 Å². The molecular formula is C10H18N2O2S. The lowest BCUT2D eigenvalue weighted by Gasteiger charge is -2.18. The van der Waals surface area contributed by atoms with E-state index in [0.29, 0.717) is 11.2 Å². The molecule has 0 atom stereocenters. The highest BCUT2D eigenvalue weighted by Crippen LogP contribution is 2.20. The van der Waals surface area contributed by atoms with Crippen molar-refractivity contribution in [3.05, 3.63) is 0 Å². The van der Waals surface area contributed by atoms with Crippen LogP contribution in [0.4, 0.5) is 4.79 Å². The standard InChI is InChI=1S/C10H18N2O2S/c1-14-10(13)12-9(15-2)11-8-6-4-3-5-7-8/h8H,3-7H2,1-2H3,(H,11,12,13). The third-order valence-corrected chi connectivity index (χ3v) is 3.06. The lowest BCUT2D eigenvalue weighted by molar-refractivity contribution is 0.177. The Morgan fingerprint density at radius 1 is 1.40 bits per heavy atom. The van der Waals surface area contributed by atoms with Gasteiger partial charge in [0.05, 0.1) is 13.2 Å². The van der Waals surface area contributed by atoms with E-state index in [4.69, 9.17) is 0 Å². The van der Waals surface area contributed by atoms with Crippen LogP contribution in [0.15, 0.2) is 4.99 Å². The number of amidine groups is 1. The first-order valence-corrected chi connectivity index (χ1v) is 6.45. The maximum Gasteiger partial charge on any atom is 0.412 e. The number of thioether (sulfide) groups is 1. The Hall–Kier alpha value is -0.710. The molecule has 1 fully saturated rings. The topological polar surface area (TPSA) is 50.7 Å². The summed E-state index contributed by atoms with van der Waals surface area (Å²) in [5, 5.41) is 3.28. The molecule has 1 rings (SSSR count). The van der Waals surface area contributed by atoms with Gasteiger partial charge < -0.3 is 4.74 Å². The quantitative estimate of drug-likeness (QED) is 0.556. The maximum absolute atomic E-state index is 11.0. The zero-order valence-electron chi connectivity index (χ0n) is 9.28. The van der Waals surface area contributed by atoms with Crippen molar-refractivity contribution in [2.45, 2.75) is 38.1 Å². The minimum absolute atomic E-state index is 0.373. The number of nitrogens with zero attached hydrogens (tertiary/aromatic N) is 1. The van der Waals surface area contributed by atoms with Gasteiger partial charge in [0.1, 0.15) is 0 Å². The lowest BCUT2D eigenvalue weighted by Crippen LogP contribution is -2.29. The van der Waals surface area contributed by atoms with Gasteiger partial charge in [-0.2, -0.15) is 0 Å². The van der Waals surface area contributed by atoms with Gasteiger partial charge in [0.15, 0.2) is 5.17 Å². The van der Waals surface area contributed by atoms with Gasteiger partial charge in [-0.25, -0.2) is 4.79 Å². The van der Waals surface area contributed by atoms with Crippen molar-refractivity contribution in [1.82, 2.24) is 5.32 Å². The fraction of sp³-hybridized carbons (Fsp3) is 0.800. The van der Waals surface area contributed by atoms with Gasteiger partial charge in [0.25, 0.3) is 0 Å². The Kier molecular flexibility index (Phi) is 5.53. The number of ether oxygens (including phenoxy) is 1. The second-order valence-electron chi connectivity index (χ2n) is 3.55. The van der Waals surface area contributed by atoms with E-state index < -0.39 is 6.09 Å². The molecule has 86 valence electrons. The Morgan fingerprint density at radius 3 is 2.60 bits per heavy atom. The van der Waals surface area contributed by atoms with Gasteiger partial charge in [0.2, 0.25) is 0 Å². The van der Waals surface area contributed by atoms with Crippen LogP contribution in [0.3, 0.4) is 0 Å². The number of rotatable bonds is 1. The summed E-state index contributed by atoms with van der Waals surface area (Å²) in [6.07, 6.45) is 7.52. The molecule has 0 unspecified atom stereocenters. The van der Waals surface area contributed by atoms with Crippen molar-refractivity contribution in [3.63, 3.8) is 0 Å². The molecule has 0 saturated heterocycles. The minimum Gasteiger partial charge on any atom is -0.453 e. The number of amides is 1. The molecule has 1 N–H and O–H groups in total. The molecule has 0 aromatic heterocycles. The van der Waals surface area contributed by atoms with Crippen LogP contribution < -0.4 is 5.32 Å². The van der Waals surface area contributed by atoms with Crippen LogP contribution in [0, 0.1) is 0 Å². The Balaban J connectivity index is 2.47. The summed E-state index contributed by atoms with van der Waals surface area (Å²) in [5.74, 6) is 0. The van der Waals surface area contributed by atoms with Gasteiger partial charge in [0, 0.05) is 0 Å². The van der Waals surface area contributed by atoms with Crippen molar-refractivity contribution in [1.29, 1.82) is 0 Å². The van der Waals surface area contributed by atoms with Gasteiger partial charge in [-0.3, -0.25) is 10.3 Å². The van der Waals surface area contributed by atoms with Crippen molar-refractivity contribution >= 4 is 23.0 Å². The van der Waals surface area contributed by atoms with E-state index in [9.17, 15) is 4.79 Å². The molecule has 15 heavy (non-hydrogen) atoms. The van der Waals surface area contributed by atoms with Crippen LogP contribution in [0.1, 0.15) is 32.1 Å². The van der Waals surface area contributed by atoms with E-state index in [1.54, 1.807) is 0 Å². The third kappa shape index (κ3) is 4.55. The van der Waals surface area contributed by atoms with E-state index >= 15 is 0 Å². The van der Waals surface area contributed by atoms with Gasteiger partial charge >= 0.3 is 6.09 Å². The van der Waals surface area contributed by atoms with E-state index in [1.165, 1.54) is 38.1 Å². The fourth-order valence-corrected chi connectivity index (χ4v) is 2.09. The molecule has 5 heteroatoms. The minimum atomic E-state index is -0.445. The SMILES string of the molecule is COC(=O)NC(=NC1CCCCC1)SC. The van der Waals surface area contributed by atoms with Crippen LogP contribution in [-0.2, 0) is 4.74 Å². The highest BCUT2D eigenvalue weighted by atomic mass is 32.2. The smallest absolute Gasteiger partial charge is 0.412 e. The third-order valence-electron chi connectivity index (χ3n) is 2.46. The first-order valence-electron chi connectivity index (χ1n) is 5.23. The monoisotopic (exact) mass is 230 g/mol. The molecule has 1 saturated carbocycles. The summed E-state index contributed by atoms with van der Waals surface area (Å²) >= 11 is 1.45. The van der Waals surface area contributed by atoms with Crippen molar-refractivity contribution in [3.8, 4) is 0 Å². The predicted octanol–water partition coefficient (Wildman–Crippen LogP) is 2.39. The maximum atomic E-state index is 11.0. The second kappa shape index (κ2) is 6.71. The van der Waals surface area contributed by atoms with Gasteiger partial charge in [-0.15, -0.1) is 0 Å². The van der Waals surface area contributed by atoms with E-state index in [1.807, 2.05) is 6.26 Å². The van der Waals surface area contributed by atoms with Gasteiger partial charge in [-0.1, -0.05) is 31.0 Å². The highest BCUT2D eigenvalue weighted by molar-refractivity contribution is 8.13. The first-order chi connectivity index (χ1) is 7.26. The highest BCUT2D eigenvalue weighted by Gasteiger charge is 2.13. The Labute approximate surface area is 94.9 Å². The number of hydrogen-bond donors (Lipinski definition) is 1. The Bertz CT molecular complexity index is 238. The van der Waals surface area contributed by atoms with E-state index in [-0.39, 0.29) is 0 Å². The predicted molar refractivity (Wildman–Crippen MR) is 63.4 cm³/mol. The van der Waals surface area contributed by atoms with Crippen molar-refractivity contribution in [2.24, 2.45) is 4.99 Å². The number of methoxy groups -OCH3 is 1. The van der Waals surface area contributed by atoms with Crippen LogP contribution in [0.25, 0.3) is 0 Å².